The molecular weight excluding hydrogens is 390 g/mol. The van der Waals surface area contributed by atoms with E-state index in [2.05, 4.69) is 44.4 Å². The van der Waals surface area contributed by atoms with E-state index in [4.69, 9.17) is 9.47 Å². The molecule has 1 saturated heterocycles. The van der Waals surface area contributed by atoms with Crippen molar-refractivity contribution in [2.24, 2.45) is 5.92 Å². The topological polar surface area (TPSA) is 18.5 Å². The number of halogens is 2. The summed E-state index contributed by atoms with van der Waals surface area (Å²) < 4.78 is 39.6. The van der Waals surface area contributed by atoms with Gasteiger partial charge in [0.05, 0.1) is 12.7 Å². The van der Waals surface area contributed by atoms with Crippen LogP contribution < -0.4 is 4.74 Å². The second-order valence-corrected chi connectivity index (χ2v) is 8.91. The van der Waals surface area contributed by atoms with Crippen molar-refractivity contribution in [2.45, 2.75) is 56.4 Å². The van der Waals surface area contributed by atoms with Gasteiger partial charge < -0.3 is 9.47 Å². The molecule has 2 aliphatic heterocycles. The SMILES string of the molecule is CCCC1OCCC2(C)c3c(F)ccc(F)c3OC[C@H]12.CSc1ccc(C)cc1. The molecule has 0 radical (unpaired) electrons. The van der Waals surface area contributed by atoms with E-state index in [-0.39, 0.29) is 23.6 Å². The zero-order valence-corrected chi connectivity index (χ0v) is 18.5. The Hall–Kier alpha value is -1.59. The predicted molar refractivity (Wildman–Crippen MR) is 115 cm³/mol. The highest BCUT2D eigenvalue weighted by Gasteiger charge is 2.50. The van der Waals surface area contributed by atoms with Gasteiger partial charge in [0.1, 0.15) is 5.82 Å². The molecule has 158 valence electrons. The van der Waals surface area contributed by atoms with Gasteiger partial charge in [-0.1, -0.05) is 38.0 Å². The number of thioether (sulfide) groups is 1. The van der Waals surface area contributed by atoms with Crippen LogP contribution in [0.25, 0.3) is 0 Å². The molecule has 4 rings (SSSR count). The number of benzene rings is 2. The normalized spacial score (nSPS) is 25.2. The molecule has 0 N–H and O–H groups in total. The molecule has 0 spiro atoms. The smallest absolute Gasteiger partial charge is 0.165 e. The molecular formula is C24H30F2O2S. The molecule has 0 aliphatic carbocycles. The third-order valence-corrected chi connectivity index (χ3v) is 6.83. The first-order valence-corrected chi connectivity index (χ1v) is 11.5. The third kappa shape index (κ3) is 4.61. The fraction of sp³-hybridized carbons (Fsp3) is 0.500. The maximum atomic E-state index is 14.3. The minimum absolute atomic E-state index is 0.0644. The van der Waals surface area contributed by atoms with Crippen LogP contribution in [0.15, 0.2) is 41.3 Å². The molecule has 2 aromatic rings. The largest absolute Gasteiger partial charge is 0.490 e. The van der Waals surface area contributed by atoms with Gasteiger partial charge >= 0.3 is 0 Å². The summed E-state index contributed by atoms with van der Waals surface area (Å²) in [5.74, 6) is -0.661. The summed E-state index contributed by atoms with van der Waals surface area (Å²) in [7, 11) is 0. The number of ether oxygens (including phenoxy) is 2. The fourth-order valence-electron chi connectivity index (χ4n) is 4.36. The monoisotopic (exact) mass is 420 g/mol. The molecule has 0 amide bonds. The van der Waals surface area contributed by atoms with Crippen molar-refractivity contribution in [3.8, 4) is 5.75 Å². The quantitative estimate of drug-likeness (QED) is 0.526. The van der Waals surface area contributed by atoms with E-state index < -0.39 is 11.2 Å². The average molecular weight is 421 g/mol. The average Bonchev–Trinajstić information content (AvgIpc) is 2.71. The van der Waals surface area contributed by atoms with Crippen molar-refractivity contribution in [1.82, 2.24) is 0 Å². The van der Waals surface area contributed by atoms with E-state index in [0.717, 1.165) is 18.9 Å². The van der Waals surface area contributed by atoms with Gasteiger partial charge in [-0.3, -0.25) is 0 Å². The molecule has 5 heteroatoms. The summed E-state index contributed by atoms with van der Waals surface area (Å²) >= 11 is 1.78. The van der Waals surface area contributed by atoms with E-state index in [1.807, 2.05) is 6.92 Å². The highest BCUT2D eigenvalue weighted by atomic mass is 32.2. The molecule has 2 unspecified atom stereocenters. The van der Waals surface area contributed by atoms with Crippen molar-refractivity contribution < 1.29 is 18.3 Å². The Balaban J connectivity index is 0.000000224. The Morgan fingerprint density at radius 2 is 1.79 bits per heavy atom. The van der Waals surface area contributed by atoms with Gasteiger partial charge in [0, 0.05) is 28.4 Å². The van der Waals surface area contributed by atoms with E-state index in [1.165, 1.54) is 16.5 Å². The fourth-order valence-corrected chi connectivity index (χ4v) is 4.77. The molecule has 0 bridgehead atoms. The van der Waals surface area contributed by atoms with Gasteiger partial charge in [-0.25, -0.2) is 8.78 Å². The van der Waals surface area contributed by atoms with E-state index >= 15 is 0 Å². The van der Waals surface area contributed by atoms with Gasteiger partial charge in [0.2, 0.25) is 0 Å². The Labute approximate surface area is 177 Å². The summed E-state index contributed by atoms with van der Waals surface area (Å²) in [6.07, 6.45) is 4.79. The van der Waals surface area contributed by atoms with Gasteiger partial charge in [-0.2, -0.15) is 0 Å². The second kappa shape index (κ2) is 9.48. The van der Waals surface area contributed by atoms with Crippen molar-refractivity contribution in [3.63, 3.8) is 0 Å². The van der Waals surface area contributed by atoms with Crippen LogP contribution in [0.3, 0.4) is 0 Å². The molecule has 2 aromatic carbocycles. The second-order valence-electron chi connectivity index (χ2n) is 8.03. The van der Waals surface area contributed by atoms with Crippen LogP contribution in [0.1, 0.15) is 44.2 Å². The van der Waals surface area contributed by atoms with Crippen LogP contribution in [0, 0.1) is 24.5 Å². The highest BCUT2D eigenvalue weighted by Crippen LogP contribution is 2.50. The summed E-state index contributed by atoms with van der Waals surface area (Å²) in [6.45, 7) is 7.21. The maximum absolute atomic E-state index is 14.3. The standard InChI is InChI=1S/C16H20F2O2.C8H10S/c1-3-4-13-10-9-20-15-12(18)6-5-11(17)14(15)16(10,2)7-8-19-13;1-7-3-5-8(9-2)6-4-7/h5-6,10,13H,3-4,7-9H2,1-2H3;3-6H,1-2H3/t10-,13?,16?;/m1./s1. The molecule has 29 heavy (non-hydrogen) atoms. The molecule has 2 nitrogen and oxygen atoms in total. The van der Waals surface area contributed by atoms with E-state index in [1.54, 1.807) is 11.8 Å². The Kier molecular flexibility index (Phi) is 7.23. The zero-order chi connectivity index (χ0) is 21.0. The number of rotatable bonds is 3. The van der Waals surface area contributed by atoms with Crippen LogP contribution in [-0.4, -0.2) is 25.6 Å². The lowest BCUT2D eigenvalue weighted by Crippen LogP contribution is -2.52. The Bertz CT molecular complexity index is 822. The van der Waals surface area contributed by atoms with Crippen LogP contribution in [0.4, 0.5) is 8.78 Å². The van der Waals surface area contributed by atoms with Gasteiger partial charge in [-0.05, 0) is 50.3 Å². The summed E-state index contributed by atoms with van der Waals surface area (Å²) in [5.41, 5.74) is 1.32. The lowest BCUT2D eigenvalue weighted by molar-refractivity contribution is -0.0934. The van der Waals surface area contributed by atoms with Crippen LogP contribution in [0.5, 0.6) is 5.75 Å². The summed E-state index contributed by atoms with van der Waals surface area (Å²) in [6, 6.07) is 10.9. The number of hydrogen-bond acceptors (Lipinski definition) is 3. The number of fused-ring (bicyclic) bond motifs is 3. The predicted octanol–water partition coefficient (Wildman–Crippen LogP) is 6.54. The molecule has 1 fully saturated rings. The first-order valence-electron chi connectivity index (χ1n) is 10.2. The Morgan fingerprint density at radius 1 is 1.10 bits per heavy atom. The summed E-state index contributed by atoms with van der Waals surface area (Å²) in [5, 5.41) is 0. The van der Waals surface area contributed by atoms with Crippen molar-refractivity contribution in [2.75, 3.05) is 19.5 Å². The van der Waals surface area contributed by atoms with Crippen LogP contribution >= 0.6 is 11.8 Å². The molecule has 0 aromatic heterocycles. The van der Waals surface area contributed by atoms with Crippen LogP contribution in [-0.2, 0) is 10.2 Å². The minimum atomic E-state index is -0.473. The third-order valence-electron chi connectivity index (χ3n) is 6.09. The molecule has 2 heterocycles. The first kappa shape index (κ1) is 22.1. The lowest BCUT2D eigenvalue weighted by Gasteiger charge is -2.49. The molecule has 0 saturated carbocycles. The highest BCUT2D eigenvalue weighted by molar-refractivity contribution is 7.98. The van der Waals surface area contributed by atoms with Gasteiger partial charge in [0.15, 0.2) is 11.6 Å². The Morgan fingerprint density at radius 3 is 2.45 bits per heavy atom. The maximum Gasteiger partial charge on any atom is 0.165 e. The molecule has 3 atom stereocenters. The van der Waals surface area contributed by atoms with Crippen molar-refractivity contribution in [3.05, 3.63) is 59.2 Å². The minimum Gasteiger partial charge on any atom is -0.490 e. The van der Waals surface area contributed by atoms with Crippen LogP contribution in [0.2, 0.25) is 0 Å². The number of aryl methyl sites for hydroxylation is 1. The first-order chi connectivity index (χ1) is 13.9. The number of hydrogen-bond donors (Lipinski definition) is 0. The van der Waals surface area contributed by atoms with Crippen molar-refractivity contribution in [1.29, 1.82) is 0 Å². The summed E-state index contributed by atoms with van der Waals surface area (Å²) in [4.78, 5) is 1.33. The van der Waals surface area contributed by atoms with Gasteiger partial charge in [0.25, 0.3) is 0 Å². The van der Waals surface area contributed by atoms with Crippen molar-refractivity contribution >= 4 is 11.8 Å². The lowest BCUT2D eigenvalue weighted by atomic mass is 9.64. The zero-order valence-electron chi connectivity index (χ0n) is 17.6. The van der Waals surface area contributed by atoms with E-state index in [9.17, 15) is 8.78 Å². The molecule has 2 aliphatic rings. The van der Waals surface area contributed by atoms with E-state index in [0.29, 0.717) is 25.2 Å². The van der Waals surface area contributed by atoms with Gasteiger partial charge in [-0.15, -0.1) is 11.8 Å².